The Balaban J connectivity index is 2.01. The number of carbonyl (C=O) groups excluding carboxylic acids is 1. The second-order valence-electron chi connectivity index (χ2n) is 5.01. The van der Waals surface area contributed by atoms with Gasteiger partial charge in [-0.2, -0.15) is 0 Å². The third-order valence-electron chi connectivity index (χ3n) is 3.62. The molecule has 0 bridgehead atoms. The van der Waals surface area contributed by atoms with Crippen LogP contribution < -0.4 is 11.1 Å². The summed E-state index contributed by atoms with van der Waals surface area (Å²) in [6, 6.07) is 6.99. The van der Waals surface area contributed by atoms with Gasteiger partial charge in [0.05, 0.1) is 12.1 Å². The number of aliphatic hydroxyl groups is 1. The van der Waals surface area contributed by atoms with Crippen molar-refractivity contribution in [1.29, 1.82) is 0 Å². The van der Waals surface area contributed by atoms with Crippen LogP contribution in [0.1, 0.15) is 37.8 Å². The highest BCUT2D eigenvalue weighted by Gasteiger charge is 2.30. The van der Waals surface area contributed by atoms with Gasteiger partial charge >= 0.3 is 0 Å². The summed E-state index contributed by atoms with van der Waals surface area (Å²) in [5, 5.41) is 12.8. The van der Waals surface area contributed by atoms with E-state index in [9.17, 15) is 9.90 Å². The van der Waals surface area contributed by atoms with Gasteiger partial charge in [-0.15, -0.1) is 0 Å². The molecular weight excluding hydrogens is 228 g/mol. The molecule has 98 valence electrons. The van der Waals surface area contributed by atoms with E-state index in [0.717, 1.165) is 24.1 Å². The van der Waals surface area contributed by atoms with Crippen LogP contribution in [0.15, 0.2) is 24.3 Å². The average Bonchev–Trinajstić information content (AvgIpc) is 2.26. The molecule has 0 aliphatic heterocycles. The summed E-state index contributed by atoms with van der Waals surface area (Å²) in [5.74, 6) is 0.247. The lowest BCUT2D eigenvalue weighted by Crippen LogP contribution is -2.36. The number of carbonyl (C=O) groups is 1. The van der Waals surface area contributed by atoms with Crippen LogP contribution in [0.4, 0.5) is 5.69 Å². The Morgan fingerprint density at radius 2 is 2.00 bits per heavy atom. The van der Waals surface area contributed by atoms with E-state index in [1.165, 1.54) is 13.3 Å². The van der Waals surface area contributed by atoms with E-state index in [2.05, 4.69) is 5.32 Å². The van der Waals surface area contributed by atoms with Crippen LogP contribution in [0.25, 0.3) is 0 Å². The third-order valence-corrected chi connectivity index (χ3v) is 3.62. The van der Waals surface area contributed by atoms with Crippen molar-refractivity contribution in [1.82, 2.24) is 0 Å². The first-order valence-electron chi connectivity index (χ1n) is 6.39. The van der Waals surface area contributed by atoms with E-state index in [1.807, 2.05) is 24.3 Å². The second-order valence-corrected chi connectivity index (χ2v) is 5.01. The van der Waals surface area contributed by atoms with Gasteiger partial charge in [-0.05, 0) is 36.5 Å². The highest BCUT2D eigenvalue weighted by molar-refractivity contribution is 5.88. The highest BCUT2D eigenvalue weighted by atomic mass is 16.3. The Hall–Kier alpha value is -1.39. The summed E-state index contributed by atoms with van der Waals surface area (Å²) in [7, 11) is 0. The molecule has 0 unspecified atom stereocenters. The van der Waals surface area contributed by atoms with Crippen LogP contribution in [0.2, 0.25) is 0 Å². The predicted octanol–water partition coefficient (Wildman–Crippen LogP) is 1.81. The topological polar surface area (TPSA) is 75.4 Å². The van der Waals surface area contributed by atoms with E-state index in [4.69, 9.17) is 5.73 Å². The minimum atomic E-state index is -0.467. The van der Waals surface area contributed by atoms with Crippen molar-refractivity contribution in [2.75, 3.05) is 5.32 Å². The minimum Gasteiger partial charge on any atom is -0.391 e. The van der Waals surface area contributed by atoms with Crippen LogP contribution in [-0.4, -0.2) is 17.1 Å². The number of nitrogens with two attached hydrogens (primary N) is 1. The smallest absolute Gasteiger partial charge is 0.221 e. The maximum Gasteiger partial charge on any atom is 0.221 e. The molecule has 0 spiro atoms. The fourth-order valence-corrected chi connectivity index (χ4v) is 2.26. The van der Waals surface area contributed by atoms with E-state index in [0.29, 0.717) is 5.92 Å². The zero-order chi connectivity index (χ0) is 13.1. The van der Waals surface area contributed by atoms with Gasteiger partial charge in [-0.3, -0.25) is 4.79 Å². The molecule has 0 heterocycles. The first-order chi connectivity index (χ1) is 8.58. The van der Waals surface area contributed by atoms with Crippen molar-refractivity contribution in [2.24, 2.45) is 11.7 Å². The fourth-order valence-electron chi connectivity index (χ4n) is 2.26. The molecule has 1 amide bonds. The van der Waals surface area contributed by atoms with Gasteiger partial charge in [0.15, 0.2) is 0 Å². The summed E-state index contributed by atoms with van der Waals surface area (Å²) in [5.41, 5.74) is 7.72. The number of hydrogen-bond donors (Lipinski definition) is 3. The van der Waals surface area contributed by atoms with Crippen molar-refractivity contribution in [3.8, 4) is 0 Å². The molecule has 2 atom stereocenters. The standard InChI is InChI=1S/C14H20N2O2/c1-9(17)16-12-7-5-10(6-8-12)13(15)14(18)11-3-2-4-11/h5-8,11,13-14,18H,2-4,15H2,1H3,(H,16,17)/t13-,14+/m0/s1. The highest BCUT2D eigenvalue weighted by Crippen LogP contribution is 2.34. The molecule has 1 fully saturated rings. The van der Waals surface area contributed by atoms with Crippen LogP contribution in [0.3, 0.4) is 0 Å². The van der Waals surface area contributed by atoms with Crippen LogP contribution in [0.5, 0.6) is 0 Å². The van der Waals surface area contributed by atoms with Gasteiger partial charge in [-0.25, -0.2) is 0 Å². The largest absolute Gasteiger partial charge is 0.391 e. The van der Waals surface area contributed by atoms with Gasteiger partial charge in [0.1, 0.15) is 0 Å². The quantitative estimate of drug-likeness (QED) is 0.760. The van der Waals surface area contributed by atoms with Crippen molar-refractivity contribution >= 4 is 11.6 Å². The van der Waals surface area contributed by atoms with Gasteiger partial charge < -0.3 is 16.2 Å². The lowest BCUT2D eigenvalue weighted by atomic mass is 9.77. The molecular formula is C14H20N2O2. The zero-order valence-electron chi connectivity index (χ0n) is 10.6. The SMILES string of the molecule is CC(=O)Nc1ccc([C@H](N)[C@H](O)C2CCC2)cc1. The number of hydrogen-bond acceptors (Lipinski definition) is 3. The van der Waals surface area contributed by atoms with E-state index in [1.54, 1.807) is 0 Å². The van der Waals surface area contributed by atoms with Gasteiger partial charge in [0.25, 0.3) is 0 Å². The molecule has 1 saturated carbocycles. The van der Waals surface area contributed by atoms with Crippen LogP contribution in [0, 0.1) is 5.92 Å². The predicted molar refractivity (Wildman–Crippen MR) is 71.0 cm³/mol. The number of amides is 1. The molecule has 0 radical (unpaired) electrons. The Bertz CT molecular complexity index is 412. The molecule has 2 rings (SSSR count). The monoisotopic (exact) mass is 248 g/mol. The lowest BCUT2D eigenvalue weighted by molar-refractivity contribution is -0.114. The van der Waals surface area contributed by atoms with Crippen molar-refractivity contribution < 1.29 is 9.90 Å². The Morgan fingerprint density at radius 3 is 2.44 bits per heavy atom. The lowest BCUT2D eigenvalue weighted by Gasteiger charge is -2.33. The summed E-state index contributed by atoms with van der Waals surface area (Å²) in [6.45, 7) is 1.47. The molecule has 4 N–H and O–H groups in total. The molecule has 4 nitrogen and oxygen atoms in total. The van der Waals surface area contributed by atoms with Gasteiger partial charge in [0.2, 0.25) is 5.91 Å². The molecule has 1 aliphatic carbocycles. The molecule has 0 aromatic heterocycles. The second kappa shape index (κ2) is 5.50. The molecule has 18 heavy (non-hydrogen) atoms. The summed E-state index contributed by atoms with van der Waals surface area (Å²) >= 11 is 0. The summed E-state index contributed by atoms with van der Waals surface area (Å²) < 4.78 is 0. The maximum absolute atomic E-state index is 10.9. The van der Waals surface area contributed by atoms with Gasteiger partial charge in [-0.1, -0.05) is 18.6 Å². The first-order valence-corrected chi connectivity index (χ1v) is 6.39. The van der Waals surface area contributed by atoms with Crippen molar-refractivity contribution in [3.63, 3.8) is 0 Å². The van der Waals surface area contributed by atoms with E-state index >= 15 is 0 Å². The minimum absolute atomic E-state index is 0.0958. The maximum atomic E-state index is 10.9. The molecule has 0 saturated heterocycles. The van der Waals surface area contributed by atoms with Crippen molar-refractivity contribution in [3.05, 3.63) is 29.8 Å². The molecule has 1 aliphatic rings. The zero-order valence-corrected chi connectivity index (χ0v) is 10.6. The number of aliphatic hydroxyl groups excluding tert-OH is 1. The number of nitrogens with one attached hydrogen (secondary N) is 1. The first kappa shape index (κ1) is 13.1. The summed E-state index contributed by atoms with van der Waals surface area (Å²) in [6.07, 6.45) is 2.86. The van der Waals surface area contributed by atoms with E-state index < -0.39 is 6.10 Å². The Morgan fingerprint density at radius 1 is 1.39 bits per heavy atom. The van der Waals surface area contributed by atoms with Crippen LogP contribution >= 0.6 is 0 Å². The Labute approximate surface area is 107 Å². The average molecular weight is 248 g/mol. The number of benzene rings is 1. The fraction of sp³-hybridized carbons (Fsp3) is 0.500. The summed E-state index contributed by atoms with van der Waals surface area (Å²) in [4.78, 5) is 10.9. The Kier molecular flexibility index (Phi) is 3.99. The third kappa shape index (κ3) is 2.89. The molecule has 1 aromatic rings. The van der Waals surface area contributed by atoms with E-state index in [-0.39, 0.29) is 11.9 Å². The van der Waals surface area contributed by atoms with Crippen LogP contribution in [-0.2, 0) is 4.79 Å². The molecule has 4 heteroatoms. The number of anilines is 1. The number of rotatable bonds is 4. The van der Waals surface area contributed by atoms with Gasteiger partial charge in [0, 0.05) is 12.6 Å². The molecule has 1 aromatic carbocycles. The normalized spacial score (nSPS) is 18.8. The van der Waals surface area contributed by atoms with Crippen molar-refractivity contribution in [2.45, 2.75) is 38.3 Å².